The zero-order valence-corrected chi connectivity index (χ0v) is 24.4. The van der Waals surface area contributed by atoms with Crippen LogP contribution in [0, 0.1) is 15.9 Å². The second-order valence-corrected chi connectivity index (χ2v) is 11.7. The maximum atomic E-state index is 13.4. The Morgan fingerprint density at radius 3 is 2.42 bits per heavy atom. The monoisotopic (exact) mass is 620 g/mol. The van der Waals surface area contributed by atoms with Crippen LogP contribution in [0.2, 0.25) is 0 Å². The van der Waals surface area contributed by atoms with Crippen molar-refractivity contribution in [1.82, 2.24) is 10.2 Å². The Hall–Kier alpha value is -4.62. The zero-order chi connectivity index (χ0) is 30.5. The van der Waals surface area contributed by atoms with E-state index in [1.54, 1.807) is 36.4 Å². The number of nitro benzene ring substituents is 1. The van der Waals surface area contributed by atoms with E-state index in [0.717, 1.165) is 34.6 Å². The number of hydrogen-bond acceptors (Lipinski definition) is 10. The van der Waals surface area contributed by atoms with Gasteiger partial charge in [-0.25, -0.2) is 4.39 Å². The molecular weight excluding hydrogens is 595 g/mol. The highest BCUT2D eigenvalue weighted by atomic mass is 32.2. The van der Waals surface area contributed by atoms with Gasteiger partial charge in [0.2, 0.25) is 5.13 Å². The first-order valence-electron chi connectivity index (χ1n) is 13.3. The number of benzene rings is 3. The Kier molecular flexibility index (Phi) is 9.12. The Morgan fingerprint density at radius 1 is 1.07 bits per heavy atom. The maximum Gasteiger partial charge on any atom is 0.301 e. The third-order valence-electron chi connectivity index (χ3n) is 6.64. The molecule has 0 aliphatic carbocycles. The molecule has 3 aromatic carbocycles. The third kappa shape index (κ3) is 6.57. The number of halogens is 1. The molecule has 0 spiro atoms. The second-order valence-electron chi connectivity index (χ2n) is 9.51. The largest absolute Gasteiger partial charge is 0.507 e. The first-order valence-corrected chi connectivity index (χ1v) is 15.1. The molecule has 0 bridgehead atoms. The molecule has 10 nitrogen and oxygen atoms in total. The molecule has 2 heterocycles. The lowest BCUT2D eigenvalue weighted by Crippen LogP contribution is -2.29. The summed E-state index contributed by atoms with van der Waals surface area (Å²) in [6, 6.07) is 16.8. The second kappa shape index (κ2) is 13.1. The summed E-state index contributed by atoms with van der Waals surface area (Å²) in [6.07, 6.45) is 1.86. The molecular formula is C30H25FN4O6S2. The molecule has 0 saturated carbocycles. The van der Waals surface area contributed by atoms with E-state index in [2.05, 4.69) is 17.1 Å². The summed E-state index contributed by atoms with van der Waals surface area (Å²) in [6.45, 7) is 2.59. The van der Waals surface area contributed by atoms with Crippen LogP contribution in [0.3, 0.4) is 0 Å². The van der Waals surface area contributed by atoms with Gasteiger partial charge in [0.05, 0.1) is 23.1 Å². The van der Waals surface area contributed by atoms with Crippen LogP contribution >= 0.6 is 23.1 Å². The minimum atomic E-state index is -1.12. The minimum absolute atomic E-state index is 0.116. The van der Waals surface area contributed by atoms with Crippen LogP contribution in [-0.4, -0.2) is 38.5 Å². The predicted octanol–water partition coefficient (Wildman–Crippen LogP) is 6.68. The molecule has 4 aromatic rings. The standard InChI is InChI=1S/C30H25FN4O6S2/c1-2-3-16-41-23-14-8-20(9-15-23)26(36)24-25(19-6-12-22(13-7-19)35(39)40)34(28(38)27(24)37)29-32-33-30(43-29)42-17-18-4-10-21(31)11-5-18/h4-15,25,36H,2-3,16-17H2,1H3. The van der Waals surface area contributed by atoms with Gasteiger partial charge in [0, 0.05) is 23.4 Å². The van der Waals surface area contributed by atoms with E-state index in [-0.39, 0.29) is 22.2 Å². The lowest BCUT2D eigenvalue weighted by molar-refractivity contribution is -0.384. The minimum Gasteiger partial charge on any atom is -0.507 e. The highest BCUT2D eigenvalue weighted by Crippen LogP contribution is 2.44. The first kappa shape index (κ1) is 29.9. The van der Waals surface area contributed by atoms with E-state index in [1.165, 1.54) is 48.2 Å². The van der Waals surface area contributed by atoms with Gasteiger partial charge in [-0.05, 0) is 66.1 Å². The van der Waals surface area contributed by atoms with Crippen molar-refractivity contribution >= 4 is 51.4 Å². The lowest BCUT2D eigenvalue weighted by Gasteiger charge is -2.22. The van der Waals surface area contributed by atoms with Crippen LogP contribution in [0.15, 0.2) is 82.7 Å². The number of nitrogens with zero attached hydrogens (tertiary/aromatic N) is 4. The van der Waals surface area contributed by atoms with Crippen molar-refractivity contribution in [2.24, 2.45) is 0 Å². The number of thioether (sulfide) groups is 1. The van der Waals surface area contributed by atoms with Crippen LogP contribution in [0.5, 0.6) is 5.75 Å². The molecule has 43 heavy (non-hydrogen) atoms. The summed E-state index contributed by atoms with van der Waals surface area (Å²) >= 11 is 2.40. The number of carbonyl (C=O) groups is 2. The number of aliphatic hydroxyl groups excluding tert-OH is 1. The smallest absolute Gasteiger partial charge is 0.301 e. The van der Waals surface area contributed by atoms with Crippen molar-refractivity contribution in [2.45, 2.75) is 35.9 Å². The molecule has 1 amide bonds. The summed E-state index contributed by atoms with van der Waals surface area (Å²) in [4.78, 5) is 38.7. The van der Waals surface area contributed by atoms with Gasteiger partial charge in [-0.3, -0.25) is 24.6 Å². The van der Waals surface area contributed by atoms with Crippen molar-refractivity contribution < 1.29 is 28.7 Å². The SMILES string of the molecule is CCCCOc1ccc(C(O)=C2C(=O)C(=O)N(c3nnc(SCc4ccc(F)cc4)s3)C2c2ccc([N+](=O)[O-])cc2)cc1. The van der Waals surface area contributed by atoms with E-state index >= 15 is 0 Å². The molecule has 5 rings (SSSR count). The number of ether oxygens (including phenoxy) is 1. The van der Waals surface area contributed by atoms with Gasteiger partial charge in [-0.2, -0.15) is 0 Å². The molecule has 1 fully saturated rings. The molecule has 0 radical (unpaired) electrons. The predicted molar refractivity (Wildman–Crippen MR) is 161 cm³/mol. The number of Topliss-reactive ketones (excluding diaryl/α,β-unsaturated/α-hetero) is 1. The van der Waals surface area contributed by atoms with Crippen LogP contribution in [0.25, 0.3) is 5.76 Å². The number of non-ortho nitro benzene ring substituents is 1. The van der Waals surface area contributed by atoms with Gasteiger partial charge in [-0.1, -0.05) is 48.6 Å². The van der Waals surface area contributed by atoms with Gasteiger partial charge in [-0.15, -0.1) is 10.2 Å². The number of anilines is 1. The van der Waals surface area contributed by atoms with Crippen LogP contribution in [0.4, 0.5) is 15.2 Å². The average molecular weight is 621 g/mol. The molecule has 220 valence electrons. The fraction of sp³-hybridized carbons (Fsp3) is 0.200. The summed E-state index contributed by atoms with van der Waals surface area (Å²) < 4.78 is 19.4. The van der Waals surface area contributed by atoms with Crippen LogP contribution in [0.1, 0.15) is 42.5 Å². The Balaban J connectivity index is 1.50. The maximum absolute atomic E-state index is 13.4. The fourth-order valence-corrected chi connectivity index (χ4v) is 6.23. The number of aliphatic hydroxyl groups is 1. The van der Waals surface area contributed by atoms with Crippen molar-refractivity contribution in [2.75, 3.05) is 11.5 Å². The molecule has 1 unspecified atom stereocenters. The highest BCUT2D eigenvalue weighted by molar-refractivity contribution is 8.00. The van der Waals surface area contributed by atoms with E-state index in [4.69, 9.17) is 4.74 Å². The summed E-state index contributed by atoms with van der Waals surface area (Å²) in [7, 11) is 0. The van der Waals surface area contributed by atoms with Gasteiger partial charge in [0.1, 0.15) is 17.3 Å². The van der Waals surface area contributed by atoms with Crippen LogP contribution < -0.4 is 9.64 Å². The number of unbranched alkanes of at least 4 members (excludes halogenated alkanes) is 1. The number of rotatable bonds is 11. The quantitative estimate of drug-likeness (QED) is 0.0284. The van der Waals surface area contributed by atoms with Gasteiger partial charge >= 0.3 is 5.91 Å². The molecule has 1 aliphatic rings. The number of amides is 1. The van der Waals surface area contributed by atoms with Gasteiger partial charge < -0.3 is 9.84 Å². The van der Waals surface area contributed by atoms with E-state index < -0.39 is 28.4 Å². The summed E-state index contributed by atoms with van der Waals surface area (Å²) in [5, 5.41) is 31.0. The average Bonchev–Trinajstić information content (AvgIpc) is 3.58. The van der Waals surface area contributed by atoms with E-state index in [0.29, 0.717) is 33.6 Å². The van der Waals surface area contributed by atoms with Crippen LogP contribution in [-0.2, 0) is 15.3 Å². The topological polar surface area (TPSA) is 136 Å². The molecule has 1 atom stereocenters. The molecule has 13 heteroatoms. The van der Waals surface area contributed by atoms with Crippen molar-refractivity contribution in [3.8, 4) is 5.75 Å². The van der Waals surface area contributed by atoms with E-state index in [9.17, 15) is 29.2 Å². The zero-order valence-electron chi connectivity index (χ0n) is 22.8. The van der Waals surface area contributed by atoms with Crippen molar-refractivity contribution in [3.63, 3.8) is 0 Å². The number of carbonyl (C=O) groups excluding carboxylic acids is 2. The molecule has 1 N–H and O–H groups in total. The Labute approximate surface area is 254 Å². The Morgan fingerprint density at radius 2 is 1.77 bits per heavy atom. The third-order valence-corrected chi connectivity index (χ3v) is 8.76. The Bertz CT molecular complexity index is 1670. The van der Waals surface area contributed by atoms with Crippen molar-refractivity contribution in [1.29, 1.82) is 0 Å². The number of ketones is 1. The normalized spacial score (nSPS) is 16.0. The highest BCUT2D eigenvalue weighted by Gasteiger charge is 2.48. The number of nitro groups is 1. The number of hydrogen-bond donors (Lipinski definition) is 1. The van der Waals surface area contributed by atoms with Gasteiger partial charge in [0.25, 0.3) is 11.5 Å². The number of aromatic nitrogens is 2. The molecule has 1 aromatic heterocycles. The fourth-order valence-electron chi connectivity index (χ4n) is 4.41. The molecule has 1 aliphatic heterocycles. The first-order chi connectivity index (χ1) is 20.8. The van der Waals surface area contributed by atoms with Gasteiger partial charge in [0.15, 0.2) is 4.34 Å². The lowest BCUT2D eigenvalue weighted by atomic mass is 9.95. The van der Waals surface area contributed by atoms with Crippen molar-refractivity contribution in [3.05, 3.63) is 111 Å². The summed E-state index contributed by atoms with van der Waals surface area (Å²) in [5.74, 6) is -1.53. The summed E-state index contributed by atoms with van der Waals surface area (Å²) in [5.41, 5.74) is 1.15. The molecule has 1 saturated heterocycles. The van der Waals surface area contributed by atoms with E-state index in [1.807, 2.05) is 0 Å².